The van der Waals surface area contributed by atoms with Crippen molar-refractivity contribution >= 4 is 0 Å². The molecule has 2 N–H and O–H groups in total. The lowest BCUT2D eigenvalue weighted by molar-refractivity contribution is 0.169. The Morgan fingerprint density at radius 1 is 1.33 bits per heavy atom. The molecule has 6 nitrogen and oxygen atoms in total. The highest BCUT2D eigenvalue weighted by Gasteiger charge is 2.22. The van der Waals surface area contributed by atoms with Crippen LogP contribution in [0.15, 0.2) is 24.4 Å². The van der Waals surface area contributed by atoms with E-state index in [0.717, 1.165) is 22.8 Å². The van der Waals surface area contributed by atoms with Crippen LogP contribution in [-0.4, -0.2) is 28.2 Å². The van der Waals surface area contributed by atoms with E-state index in [-0.39, 0.29) is 6.04 Å². The predicted molar refractivity (Wildman–Crippen MR) is 64.5 cm³/mol. The molecule has 0 aliphatic carbocycles. The minimum absolute atomic E-state index is 0.332. The van der Waals surface area contributed by atoms with Crippen molar-refractivity contribution in [2.24, 2.45) is 12.8 Å². The molecule has 18 heavy (non-hydrogen) atoms. The van der Waals surface area contributed by atoms with Crippen LogP contribution >= 0.6 is 0 Å². The molecule has 0 saturated carbocycles. The molecule has 2 heterocycles. The summed E-state index contributed by atoms with van der Waals surface area (Å²) in [6, 6.07) is 5.39. The topological polar surface area (TPSA) is 75.2 Å². The van der Waals surface area contributed by atoms with E-state index in [0.29, 0.717) is 13.2 Å². The number of aryl methyl sites for hydroxylation is 1. The van der Waals surface area contributed by atoms with Gasteiger partial charge < -0.3 is 15.2 Å². The molecule has 0 saturated heterocycles. The van der Waals surface area contributed by atoms with Gasteiger partial charge in [0.25, 0.3) is 0 Å². The maximum absolute atomic E-state index is 6.25. The first-order chi connectivity index (χ1) is 8.77. The molecular formula is C12H14N4O2. The average Bonchev–Trinajstić information content (AvgIpc) is 2.83. The summed E-state index contributed by atoms with van der Waals surface area (Å²) >= 11 is 0. The molecule has 1 unspecified atom stereocenters. The molecule has 1 atom stereocenters. The van der Waals surface area contributed by atoms with E-state index in [1.807, 2.05) is 25.2 Å². The lowest BCUT2D eigenvalue weighted by atomic mass is 10.0. The summed E-state index contributed by atoms with van der Waals surface area (Å²) in [5.74, 6) is 1.46. The molecule has 94 valence electrons. The van der Waals surface area contributed by atoms with Crippen LogP contribution in [0.5, 0.6) is 11.5 Å². The number of hydrogen-bond donors (Lipinski definition) is 1. The van der Waals surface area contributed by atoms with Crippen LogP contribution in [-0.2, 0) is 7.05 Å². The Morgan fingerprint density at radius 3 is 2.94 bits per heavy atom. The van der Waals surface area contributed by atoms with Crippen molar-refractivity contribution in [3.05, 3.63) is 35.7 Å². The minimum Gasteiger partial charge on any atom is -0.486 e. The largest absolute Gasteiger partial charge is 0.486 e. The van der Waals surface area contributed by atoms with E-state index in [2.05, 4.69) is 10.3 Å². The van der Waals surface area contributed by atoms with Gasteiger partial charge in [0.1, 0.15) is 13.2 Å². The normalized spacial score (nSPS) is 15.4. The number of para-hydroxylation sites is 1. The molecule has 0 fully saturated rings. The van der Waals surface area contributed by atoms with Crippen LogP contribution in [0.2, 0.25) is 0 Å². The minimum atomic E-state index is -0.332. The molecule has 1 aliphatic heterocycles. The molecule has 0 amide bonds. The van der Waals surface area contributed by atoms with Gasteiger partial charge in [0.15, 0.2) is 11.5 Å². The number of rotatable bonds is 2. The number of ether oxygens (including phenoxy) is 2. The molecule has 1 aromatic heterocycles. The highest BCUT2D eigenvalue weighted by Crippen LogP contribution is 2.37. The lowest BCUT2D eigenvalue weighted by Crippen LogP contribution is -2.21. The summed E-state index contributed by atoms with van der Waals surface area (Å²) in [6.07, 6.45) is 1.66. The van der Waals surface area contributed by atoms with Crippen molar-refractivity contribution in [2.45, 2.75) is 6.04 Å². The van der Waals surface area contributed by atoms with Gasteiger partial charge in [-0.05, 0) is 6.07 Å². The molecule has 0 radical (unpaired) electrons. The molecule has 2 aromatic rings. The average molecular weight is 246 g/mol. The molecule has 0 spiro atoms. The fourth-order valence-electron chi connectivity index (χ4n) is 2.08. The molecule has 3 rings (SSSR count). The van der Waals surface area contributed by atoms with Crippen molar-refractivity contribution in [3.8, 4) is 11.5 Å². The maximum atomic E-state index is 6.25. The fourth-order valence-corrected chi connectivity index (χ4v) is 2.08. The van der Waals surface area contributed by atoms with Gasteiger partial charge in [-0.3, -0.25) is 4.68 Å². The SMILES string of the molecule is Cn1nncc1C(N)c1cccc2c1OCCO2. The third-order valence-corrected chi connectivity index (χ3v) is 3.00. The van der Waals surface area contributed by atoms with Gasteiger partial charge >= 0.3 is 0 Å². The summed E-state index contributed by atoms with van der Waals surface area (Å²) in [7, 11) is 1.81. The van der Waals surface area contributed by atoms with Crippen LogP contribution in [0.25, 0.3) is 0 Å². The van der Waals surface area contributed by atoms with E-state index < -0.39 is 0 Å². The second kappa shape index (κ2) is 4.30. The zero-order chi connectivity index (χ0) is 12.5. The van der Waals surface area contributed by atoms with E-state index in [9.17, 15) is 0 Å². The standard InChI is InChI=1S/C12H14N4O2/c1-16-9(7-14-15-16)11(13)8-3-2-4-10-12(8)18-6-5-17-10/h2-4,7,11H,5-6,13H2,1H3. The van der Waals surface area contributed by atoms with E-state index in [1.165, 1.54) is 0 Å². The summed E-state index contributed by atoms with van der Waals surface area (Å²) in [4.78, 5) is 0. The zero-order valence-electron chi connectivity index (χ0n) is 10.0. The molecule has 1 aromatic carbocycles. The van der Waals surface area contributed by atoms with Crippen molar-refractivity contribution in [3.63, 3.8) is 0 Å². The second-order valence-electron chi connectivity index (χ2n) is 4.13. The number of nitrogens with zero attached hydrogens (tertiary/aromatic N) is 3. The van der Waals surface area contributed by atoms with Gasteiger partial charge in [0.05, 0.1) is 17.9 Å². The maximum Gasteiger partial charge on any atom is 0.166 e. The predicted octanol–water partition coefficient (Wildman–Crippen LogP) is 0.634. The quantitative estimate of drug-likeness (QED) is 0.841. The van der Waals surface area contributed by atoms with Crippen LogP contribution in [0.1, 0.15) is 17.3 Å². The molecular weight excluding hydrogens is 232 g/mol. The lowest BCUT2D eigenvalue weighted by Gasteiger charge is -2.23. The highest BCUT2D eigenvalue weighted by molar-refractivity contribution is 5.50. The number of nitrogens with two attached hydrogens (primary N) is 1. The second-order valence-corrected chi connectivity index (χ2v) is 4.13. The first kappa shape index (κ1) is 11.0. The van der Waals surface area contributed by atoms with E-state index >= 15 is 0 Å². The summed E-state index contributed by atoms with van der Waals surface area (Å²) in [6.45, 7) is 1.11. The Balaban J connectivity index is 2.04. The fraction of sp³-hybridized carbons (Fsp3) is 0.333. The van der Waals surface area contributed by atoms with Crippen LogP contribution in [0, 0.1) is 0 Å². The smallest absolute Gasteiger partial charge is 0.166 e. The van der Waals surface area contributed by atoms with Crippen LogP contribution in [0.3, 0.4) is 0 Å². The first-order valence-corrected chi connectivity index (χ1v) is 5.76. The third kappa shape index (κ3) is 1.70. The Bertz CT molecular complexity index is 567. The van der Waals surface area contributed by atoms with Crippen molar-refractivity contribution in [1.82, 2.24) is 15.0 Å². The Kier molecular flexibility index (Phi) is 2.64. The number of benzene rings is 1. The molecule has 6 heteroatoms. The summed E-state index contributed by atoms with van der Waals surface area (Å²) < 4.78 is 12.9. The van der Waals surface area contributed by atoms with E-state index in [1.54, 1.807) is 10.9 Å². The zero-order valence-corrected chi connectivity index (χ0v) is 10.0. The Morgan fingerprint density at radius 2 is 2.17 bits per heavy atom. The monoisotopic (exact) mass is 246 g/mol. The van der Waals surface area contributed by atoms with Gasteiger partial charge in [0, 0.05) is 12.6 Å². The van der Waals surface area contributed by atoms with Crippen molar-refractivity contribution in [1.29, 1.82) is 0 Å². The van der Waals surface area contributed by atoms with Gasteiger partial charge in [-0.25, -0.2) is 0 Å². The van der Waals surface area contributed by atoms with Crippen LogP contribution in [0.4, 0.5) is 0 Å². The van der Waals surface area contributed by atoms with Gasteiger partial charge in [-0.2, -0.15) is 0 Å². The number of aromatic nitrogens is 3. The number of hydrogen-bond acceptors (Lipinski definition) is 5. The summed E-state index contributed by atoms with van der Waals surface area (Å²) in [5.41, 5.74) is 7.97. The van der Waals surface area contributed by atoms with Gasteiger partial charge in [-0.15, -0.1) is 5.10 Å². The Labute approximate surface area is 104 Å². The van der Waals surface area contributed by atoms with Crippen LogP contribution < -0.4 is 15.2 Å². The molecule has 1 aliphatic rings. The van der Waals surface area contributed by atoms with Gasteiger partial charge in [-0.1, -0.05) is 17.3 Å². The highest BCUT2D eigenvalue weighted by atomic mass is 16.6. The third-order valence-electron chi connectivity index (χ3n) is 3.00. The summed E-state index contributed by atoms with van der Waals surface area (Å²) in [5, 5.41) is 7.73. The van der Waals surface area contributed by atoms with Gasteiger partial charge in [0.2, 0.25) is 0 Å². The molecule has 0 bridgehead atoms. The first-order valence-electron chi connectivity index (χ1n) is 5.76. The van der Waals surface area contributed by atoms with Crippen molar-refractivity contribution < 1.29 is 9.47 Å². The van der Waals surface area contributed by atoms with E-state index in [4.69, 9.17) is 15.2 Å². The van der Waals surface area contributed by atoms with Crippen molar-refractivity contribution in [2.75, 3.05) is 13.2 Å². The number of fused-ring (bicyclic) bond motifs is 1. The Hall–Kier alpha value is -2.08.